The number of hydrogen-bond acceptors (Lipinski definition) is 2. The van der Waals surface area contributed by atoms with Crippen molar-refractivity contribution in [3.63, 3.8) is 0 Å². The van der Waals surface area contributed by atoms with Crippen molar-refractivity contribution in [1.82, 2.24) is 9.97 Å². The number of aromatic amines is 1. The molecule has 0 saturated carbocycles. The van der Waals surface area contributed by atoms with Gasteiger partial charge in [-0.3, -0.25) is 0 Å². The summed E-state index contributed by atoms with van der Waals surface area (Å²) in [5.41, 5.74) is 2.98. The minimum Gasteiger partial charge on any atom is -1.00 e. The molecule has 0 fully saturated rings. The van der Waals surface area contributed by atoms with Crippen LogP contribution < -0.4 is 12.4 Å². The number of carboxylic acid groups (broad SMARTS) is 1. The molecule has 5 heteroatoms. The van der Waals surface area contributed by atoms with Gasteiger partial charge in [0.15, 0.2) is 0 Å². The molecule has 1 aromatic heterocycles. The van der Waals surface area contributed by atoms with Crippen molar-refractivity contribution in [3.8, 4) is 0 Å². The zero-order valence-corrected chi connectivity index (χ0v) is 11.3. The van der Waals surface area contributed by atoms with Gasteiger partial charge in [0.2, 0.25) is 0 Å². The SMILES string of the molecule is O=C(O)c1ccc2nc(Cc3ccccc3)[nH]c2c1.[Cl-]. The molecule has 0 saturated heterocycles. The normalized spacial score (nSPS) is 10.2. The highest BCUT2D eigenvalue weighted by molar-refractivity contribution is 5.92. The molecule has 0 unspecified atom stereocenters. The van der Waals surface area contributed by atoms with Crippen LogP contribution in [0.15, 0.2) is 48.5 Å². The molecule has 0 atom stereocenters. The minimum atomic E-state index is -0.930. The fraction of sp³-hybridized carbons (Fsp3) is 0.0667. The van der Waals surface area contributed by atoms with Gasteiger partial charge >= 0.3 is 5.97 Å². The van der Waals surface area contributed by atoms with Crippen LogP contribution in [0.4, 0.5) is 0 Å². The number of halogens is 1. The molecule has 0 amide bonds. The summed E-state index contributed by atoms with van der Waals surface area (Å²) in [6.45, 7) is 0. The van der Waals surface area contributed by atoms with Crippen LogP contribution in [0, 0.1) is 0 Å². The van der Waals surface area contributed by atoms with Gasteiger partial charge in [0, 0.05) is 6.42 Å². The smallest absolute Gasteiger partial charge is 0.335 e. The first-order valence-corrected chi connectivity index (χ1v) is 5.98. The van der Waals surface area contributed by atoms with Crippen molar-refractivity contribution in [2.45, 2.75) is 6.42 Å². The van der Waals surface area contributed by atoms with E-state index >= 15 is 0 Å². The number of H-pyrrole nitrogens is 1. The summed E-state index contributed by atoms with van der Waals surface area (Å²) >= 11 is 0. The summed E-state index contributed by atoms with van der Waals surface area (Å²) in [5, 5.41) is 8.95. The van der Waals surface area contributed by atoms with E-state index in [9.17, 15) is 4.79 Å². The Hall–Kier alpha value is -2.33. The Morgan fingerprint density at radius 2 is 1.90 bits per heavy atom. The molecule has 3 aromatic rings. The monoisotopic (exact) mass is 287 g/mol. The van der Waals surface area contributed by atoms with E-state index in [0.29, 0.717) is 6.42 Å². The summed E-state index contributed by atoms with van der Waals surface area (Å²) < 4.78 is 0. The van der Waals surface area contributed by atoms with Crippen molar-refractivity contribution < 1.29 is 22.3 Å². The van der Waals surface area contributed by atoms with Gasteiger partial charge in [-0.1, -0.05) is 30.3 Å². The van der Waals surface area contributed by atoms with E-state index in [1.165, 1.54) is 5.56 Å². The maximum absolute atomic E-state index is 10.9. The zero-order chi connectivity index (χ0) is 13.2. The summed E-state index contributed by atoms with van der Waals surface area (Å²) in [5.74, 6) is -0.0927. The molecule has 102 valence electrons. The summed E-state index contributed by atoms with van der Waals surface area (Å²) in [6, 6.07) is 14.9. The Balaban J connectivity index is 0.00000147. The molecule has 20 heavy (non-hydrogen) atoms. The fourth-order valence-corrected chi connectivity index (χ4v) is 2.07. The standard InChI is InChI=1S/C15H12N2O2.ClH/c18-15(19)11-6-7-12-13(9-11)17-14(16-12)8-10-4-2-1-3-5-10;/h1-7,9H,8H2,(H,16,17)(H,18,19);1H/p-1. The molecule has 0 aliphatic heterocycles. The molecule has 0 aliphatic rings. The Kier molecular flexibility index (Phi) is 4.05. The van der Waals surface area contributed by atoms with Crippen LogP contribution in [-0.4, -0.2) is 21.0 Å². The van der Waals surface area contributed by atoms with E-state index in [1.807, 2.05) is 30.3 Å². The number of aromatic carboxylic acids is 1. The van der Waals surface area contributed by atoms with Crippen molar-refractivity contribution in [2.75, 3.05) is 0 Å². The third kappa shape index (κ3) is 2.81. The Morgan fingerprint density at radius 3 is 2.60 bits per heavy atom. The maximum atomic E-state index is 10.9. The van der Waals surface area contributed by atoms with Crippen LogP contribution in [-0.2, 0) is 6.42 Å². The van der Waals surface area contributed by atoms with E-state index in [4.69, 9.17) is 5.11 Å². The van der Waals surface area contributed by atoms with Crippen molar-refractivity contribution >= 4 is 17.0 Å². The first-order chi connectivity index (χ1) is 9.22. The molecule has 4 nitrogen and oxygen atoms in total. The highest BCUT2D eigenvalue weighted by Gasteiger charge is 2.07. The van der Waals surface area contributed by atoms with E-state index in [1.54, 1.807) is 18.2 Å². The Labute approximate surface area is 121 Å². The lowest BCUT2D eigenvalue weighted by Crippen LogP contribution is -3.00. The van der Waals surface area contributed by atoms with Crippen LogP contribution in [0.3, 0.4) is 0 Å². The first-order valence-electron chi connectivity index (χ1n) is 5.98. The molecular formula is C15H12ClN2O2-. The second-order valence-electron chi connectivity index (χ2n) is 4.38. The minimum absolute atomic E-state index is 0. The predicted octanol–water partition coefficient (Wildman–Crippen LogP) is -0.144. The largest absolute Gasteiger partial charge is 1.00 e. The summed E-state index contributed by atoms with van der Waals surface area (Å²) in [6.07, 6.45) is 0.706. The zero-order valence-electron chi connectivity index (χ0n) is 10.5. The third-order valence-corrected chi connectivity index (χ3v) is 2.99. The van der Waals surface area contributed by atoms with Crippen LogP contribution in [0.25, 0.3) is 11.0 Å². The lowest BCUT2D eigenvalue weighted by atomic mass is 10.1. The van der Waals surface area contributed by atoms with Gasteiger partial charge < -0.3 is 22.5 Å². The Morgan fingerprint density at radius 1 is 1.15 bits per heavy atom. The van der Waals surface area contributed by atoms with E-state index in [-0.39, 0.29) is 18.0 Å². The summed E-state index contributed by atoms with van der Waals surface area (Å²) in [7, 11) is 0. The lowest BCUT2D eigenvalue weighted by molar-refractivity contribution is -0.0000195. The van der Waals surface area contributed by atoms with Gasteiger partial charge in [-0.15, -0.1) is 0 Å². The maximum Gasteiger partial charge on any atom is 0.335 e. The van der Waals surface area contributed by atoms with Gasteiger partial charge in [-0.2, -0.15) is 0 Å². The van der Waals surface area contributed by atoms with Crippen LogP contribution >= 0.6 is 0 Å². The number of benzene rings is 2. The summed E-state index contributed by atoms with van der Waals surface area (Å²) in [4.78, 5) is 18.5. The average molecular weight is 288 g/mol. The highest BCUT2D eigenvalue weighted by Crippen LogP contribution is 2.15. The number of rotatable bonds is 3. The first kappa shape index (κ1) is 14.1. The molecule has 1 heterocycles. The Bertz CT molecular complexity index is 738. The molecule has 2 N–H and O–H groups in total. The number of carboxylic acids is 1. The number of hydrogen-bond donors (Lipinski definition) is 2. The van der Waals surface area contributed by atoms with E-state index < -0.39 is 5.97 Å². The van der Waals surface area contributed by atoms with Gasteiger partial charge in [-0.25, -0.2) is 9.78 Å². The number of nitrogens with one attached hydrogen (secondary N) is 1. The predicted molar refractivity (Wildman–Crippen MR) is 72.3 cm³/mol. The number of carbonyl (C=O) groups is 1. The number of imidazole rings is 1. The van der Waals surface area contributed by atoms with E-state index in [0.717, 1.165) is 16.9 Å². The van der Waals surface area contributed by atoms with E-state index in [2.05, 4.69) is 9.97 Å². The average Bonchev–Trinajstić information content (AvgIpc) is 2.80. The number of aromatic nitrogens is 2. The number of nitrogens with zero attached hydrogens (tertiary/aromatic N) is 1. The second-order valence-corrected chi connectivity index (χ2v) is 4.38. The van der Waals surface area contributed by atoms with Crippen LogP contribution in [0.5, 0.6) is 0 Å². The third-order valence-electron chi connectivity index (χ3n) is 2.99. The second kappa shape index (κ2) is 5.75. The fourth-order valence-electron chi connectivity index (χ4n) is 2.07. The molecule has 3 rings (SSSR count). The van der Waals surface area contributed by atoms with Gasteiger partial charge in [0.1, 0.15) is 5.82 Å². The quantitative estimate of drug-likeness (QED) is 0.704. The molecular weight excluding hydrogens is 276 g/mol. The topological polar surface area (TPSA) is 66.0 Å². The van der Waals surface area contributed by atoms with Crippen molar-refractivity contribution in [2.24, 2.45) is 0 Å². The molecule has 0 bridgehead atoms. The molecule has 0 spiro atoms. The highest BCUT2D eigenvalue weighted by atomic mass is 35.5. The number of fused-ring (bicyclic) bond motifs is 1. The van der Waals surface area contributed by atoms with Gasteiger partial charge in [-0.05, 0) is 23.8 Å². The molecule has 0 radical (unpaired) electrons. The van der Waals surface area contributed by atoms with Crippen LogP contribution in [0.1, 0.15) is 21.7 Å². The van der Waals surface area contributed by atoms with Gasteiger partial charge in [0.05, 0.1) is 16.6 Å². The van der Waals surface area contributed by atoms with Crippen molar-refractivity contribution in [1.29, 1.82) is 0 Å². The van der Waals surface area contributed by atoms with Crippen LogP contribution in [0.2, 0.25) is 0 Å². The van der Waals surface area contributed by atoms with Crippen molar-refractivity contribution in [3.05, 3.63) is 65.5 Å². The molecule has 0 aliphatic carbocycles. The van der Waals surface area contributed by atoms with Gasteiger partial charge in [0.25, 0.3) is 0 Å². The lowest BCUT2D eigenvalue weighted by Gasteiger charge is -1.96. The molecule has 2 aromatic carbocycles.